The van der Waals surface area contributed by atoms with Gasteiger partial charge in [0, 0.05) is 11.8 Å². The van der Waals surface area contributed by atoms with Gasteiger partial charge in [-0.05, 0) is 43.4 Å². The summed E-state index contributed by atoms with van der Waals surface area (Å²) in [5, 5.41) is 0. The molecule has 0 aromatic heterocycles. The highest BCUT2D eigenvalue weighted by atomic mass is 16.7. The maximum atomic E-state index is 6.24. The fourth-order valence-electron chi connectivity index (χ4n) is 5.58. The molecule has 2 nitrogen and oxygen atoms in total. The van der Waals surface area contributed by atoms with Crippen LogP contribution in [0.1, 0.15) is 97.3 Å². The summed E-state index contributed by atoms with van der Waals surface area (Å²) in [6, 6.07) is 0. The molecule has 3 aliphatic rings. The second kappa shape index (κ2) is 10.3. The van der Waals surface area contributed by atoms with Crippen LogP contribution >= 0.6 is 0 Å². The minimum Gasteiger partial charge on any atom is -0.352 e. The van der Waals surface area contributed by atoms with Gasteiger partial charge in [0.25, 0.3) is 0 Å². The quantitative estimate of drug-likeness (QED) is 0.483. The maximum absolute atomic E-state index is 6.24. The van der Waals surface area contributed by atoms with Crippen molar-refractivity contribution < 1.29 is 9.47 Å². The third-order valence-electron chi connectivity index (χ3n) is 7.58. The first-order valence-electron chi connectivity index (χ1n) is 11.5. The number of hydrogen-bond donors (Lipinski definition) is 0. The second-order valence-electron chi connectivity index (χ2n) is 9.26. The van der Waals surface area contributed by atoms with Gasteiger partial charge in [-0.3, -0.25) is 0 Å². The van der Waals surface area contributed by atoms with Gasteiger partial charge in [-0.25, -0.2) is 0 Å². The van der Waals surface area contributed by atoms with Crippen LogP contribution in [0.3, 0.4) is 0 Å². The molecule has 146 valence electrons. The van der Waals surface area contributed by atoms with Gasteiger partial charge in [-0.2, -0.15) is 0 Å². The molecule has 0 aromatic rings. The Balaban J connectivity index is 1.33. The fraction of sp³-hybridized carbons (Fsp3) is 1.00. The lowest BCUT2D eigenvalue weighted by Crippen LogP contribution is -2.41. The third kappa shape index (κ3) is 5.70. The molecular formula is C23H42O2. The van der Waals surface area contributed by atoms with E-state index in [1.54, 1.807) is 0 Å². The molecule has 0 radical (unpaired) electrons. The average molecular weight is 351 g/mol. The highest BCUT2D eigenvalue weighted by Crippen LogP contribution is 2.39. The van der Waals surface area contributed by atoms with Gasteiger partial charge in [0.15, 0.2) is 6.29 Å². The van der Waals surface area contributed by atoms with Crippen molar-refractivity contribution in [2.24, 2.45) is 29.6 Å². The first kappa shape index (κ1) is 19.7. The van der Waals surface area contributed by atoms with Gasteiger partial charge in [0.2, 0.25) is 0 Å². The molecule has 0 amide bonds. The van der Waals surface area contributed by atoms with Gasteiger partial charge in [-0.15, -0.1) is 0 Å². The van der Waals surface area contributed by atoms with Crippen molar-refractivity contribution in [3.05, 3.63) is 0 Å². The molecule has 1 heterocycles. The average Bonchev–Trinajstić information content (AvgIpc) is 2.69. The van der Waals surface area contributed by atoms with Gasteiger partial charge in [0.05, 0.1) is 13.2 Å². The Morgan fingerprint density at radius 3 is 1.84 bits per heavy atom. The lowest BCUT2D eigenvalue weighted by atomic mass is 9.74. The van der Waals surface area contributed by atoms with E-state index in [1.165, 1.54) is 83.5 Å². The van der Waals surface area contributed by atoms with Crippen molar-refractivity contribution >= 4 is 0 Å². The SMILES string of the molecule is CCCCCC1CCC(C2COC(C3CCC(CC)CC3)OC2)CC1. The molecule has 2 saturated carbocycles. The van der Waals surface area contributed by atoms with Crippen molar-refractivity contribution in [1.29, 1.82) is 0 Å². The largest absolute Gasteiger partial charge is 0.352 e. The van der Waals surface area contributed by atoms with Crippen LogP contribution in [-0.4, -0.2) is 19.5 Å². The van der Waals surface area contributed by atoms with E-state index < -0.39 is 0 Å². The topological polar surface area (TPSA) is 18.5 Å². The molecular weight excluding hydrogens is 308 g/mol. The summed E-state index contributed by atoms with van der Waals surface area (Å²) in [6.45, 7) is 6.57. The summed E-state index contributed by atoms with van der Waals surface area (Å²) in [7, 11) is 0. The van der Waals surface area contributed by atoms with Crippen molar-refractivity contribution in [2.45, 2.75) is 104 Å². The summed E-state index contributed by atoms with van der Waals surface area (Å²) < 4.78 is 12.5. The molecule has 25 heavy (non-hydrogen) atoms. The van der Waals surface area contributed by atoms with Crippen LogP contribution in [0.5, 0.6) is 0 Å². The highest BCUT2D eigenvalue weighted by molar-refractivity contribution is 4.81. The number of ether oxygens (including phenoxy) is 2. The van der Waals surface area contributed by atoms with E-state index in [0.29, 0.717) is 11.8 Å². The molecule has 1 aliphatic heterocycles. The van der Waals surface area contributed by atoms with Crippen molar-refractivity contribution in [2.75, 3.05) is 13.2 Å². The Kier molecular flexibility index (Phi) is 8.11. The predicted octanol–water partition coefficient (Wildman–Crippen LogP) is 6.58. The molecule has 0 bridgehead atoms. The molecule has 3 rings (SSSR count). The van der Waals surface area contributed by atoms with E-state index >= 15 is 0 Å². The smallest absolute Gasteiger partial charge is 0.160 e. The van der Waals surface area contributed by atoms with Gasteiger partial charge in [-0.1, -0.05) is 71.6 Å². The molecule has 0 aromatic carbocycles. The lowest BCUT2D eigenvalue weighted by Gasteiger charge is -2.41. The highest BCUT2D eigenvalue weighted by Gasteiger charge is 2.35. The van der Waals surface area contributed by atoms with Crippen LogP contribution in [0.2, 0.25) is 0 Å². The van der Waals surface area contributed by atoms with Crippen LogP contribution in [0, 0.1) is 29.6 Å². The zero-order valence-corrected chi connectivity index (χ0v) is 16.9. The molecule has 2 aliphatic carbocycles. The number of hydrogen-bond acceptors (Lipinski definition) is 2. The zero-order valence-electron chi connectivity index (χ0n) is 16.9. The van der Waals surface area contributed by atoms with Crippen LogP contribution in [0.15, 0.2) is 0 Å². The summed E-state index contributed by atoms with van der Waals surface area (Å²) >= 11 is 0. The second-order valence-corrected chi connectivity index (χ2v) is 9.26. The van der Waals surface area contributed by atoms with E-state index in [1.807, 2.05) is 0 Å². The van der Waals surface area contributed by atoms with Crippen LogP contribution in [0.4, 0.5) is 0 Å². The van der Waals surface area contributed by atoms with E-state index in [2.05, 4.69) is 13.8 Å². The molecule has 2 heteroatoms. The third-order valence-corrected chi connectivity index (χ3v) is 7.58. The Labute approximate surface area is 156 Å². The van der Waals surface area contributed by atoms with Crippen molar-refractivity contribution in [3.8, 4) is 0 Å². The van der Waals surface area contributed by atoms with E-state index in [0.717, 1.165) is 31.0 Å². The lowest BCUT2D eigenvalue weighted by molar-refractivity contribution is -0.237. The first-order chi connectivity index (χ1) is 12.3. The summed E-state index contributed by atoms with van der Waals surface area (Å²) in [5.74, 6) is 4.16. The van der Waals surface area contributed by atoms with Crippen molar-refractivity contribution in [1.82, 2.24) is 0 Å². The predicted molar refractivity (Wildman–Crippen MR) is 105 cm³/mol. The number of rotatable bonds is 7. The van der Waals surface area contributed by atoms with Crippen molar-refractivity contribution in [3.63, 3.8) is 0 Å². The molecule has 1 saturated heterocycles. The fourth-order valence-corrected chi connectivity index (χ4v) is 5.58. The summed E-state index contributed by atoms with van der Waals surface area (Å²) in [6.07, 6.45) is 18.3. The standard InChI is InChI=1S/C23H42O2/c1-3-5-6-7-19-10-12-20(13-11-19)22-16-24-23(25-17-22)21-14-8-18(4-2)9-15-21/h18-23H,3-17H2,1-2H3. The Bertz CT molecular complexity index is 345. The Hall–Kier alpha value is -0.0800. The summed E-state index contributed by atoms with van der Waals surface area (Å²) in [5.41, 5.74) is 0. The normalized spacial score (nSPS) is 40.1. The zero-order chi connectivity index (χ0) is 17.5. The monoisotopic (exact) mass is 350 g/mol. The van der Waals surface area contributed by atoms with E-state index in [4.69, 9.17) is 9.47 Å². The van der Waals surface area contributed by atoms with Crippen LogP contribution in [0.25, 0.3) is 0 Å². The van der Waals surface area contributed by atoms with Crippen LogP contribution in [-0.2, 0) is 9.47 Å². The Morgan fingerprint density at radius 1 is 0.640 bits per heavy atom. The molecule has 3 fully saturated rings. The van der Waals surface area contributed by atoms with Gasteiger partial charge >= 0.3 is 0 Å². The minimum absolute atomic E-state index is 0.111. The minimum atomic E-state index is 0.111. The van der Waals surface area contributed by atoms with E-state index in [9.17, 15) is 0 Å². The molecule has 0 spiro atoms. The maximum Gasteiger partial charge on any atom is 0.160 e. The first-order valence-corrected chi connectivity index (χ1v) is 11.5. The Morgan fingerprint density at radius 2 is 1.24 bits per heavy atom. The molecule has 0 N–H and O–H groups in total. The molecule has 0 unspecified atom stereocenters. The molecule has 0 atom stereocenters. The number of unbranched alkanes of at least 4 members (excludes halogenated alkanes) is 2. The van der Waals surface area contributed by atoms with Gasteiger partial charge in [0.1, 0.15) is 0 Å². The van der Waals surface area contributed by atoms with Crippen LogP contribution < -0.4 is 0 Å². The van der Waals surface area contributed by atoms with E-state index in [-0.39, 0.29) is 6.29 Å². The van der Waals surface area contributed by atoms with Gasteiger partial charge < -0.3 is 9.47 Å². The summed E-state index contributed by atoms with van der Waals surface area (Å²) in [4.78, 5) is 0.